The van der Waals surface area contributed by atoms with E-state index in [1.807, 2.05) is 0 Å². The summed E-state index contributed by atoms with van der Waals surface area (Å²) in [5.41, 5.74) is -0.510. The molecule has 1 heterocycles. The Balaban J connectivity index is 0.00000169. The van der Waals surface area contributed by atoms with E-state index in [4.69, 9.17) is 0 Å². The van der Waals surface area contributed by atoms with E-state index in [2.05, 4.69) is 5.10 Å². The molecule has 1 aromatic rings. The summed E-state index contributed by atoms with van der Waals surface area (Å²) in [6.07, 6.45) is -3.48. The normalized spacial score (nSPS) is 10.8. The molecule has 0 amide bonds. The number of carbonyl (C=O) groups is 1. The second-order valence-corrected chi connectivity index (χ2v) is 2.30. The topological polar surface area (TPSA) is 57.9 Å². The Morgan fingerprint density at radius 2 is 2.14 bits per heavy atom. The molecule has 0 aromatic carbocycles. The van der Waals surface area contributed by atoms with Crippen molar-refractivity contribution in [2.45, 2.75) is 12.7 Å². The third-order valence-electron chi connectivity index (χ3n) is 1.19. The average molecular weight is 216 g/mol. The average Bonchev–Trinajstić information content (AvgIpc) is 2.31. The van der Waals surface area contributed by atoms with Gasteiger partial charge in [-0.15, -0.1) is 0 Å². The van der Waals surface area contributed by atoms with Gasteiger partial charge in [0.25, 0.3) is 0 Å². The second-order valence-electron chi connectivity index (χ2n) is 2.30. The predicted octanol–water partition coefficient (Wildman–Crippen LogP) is -3.19. The Morgan fingerprint density at radius 3 is 2.50 bits per heavy atom. The van der Waals surface area contributed by atoms with Gasteiger partial charge in [-0.1, -0.05) is 0 Å². The number of aromatic carboxylic acids is 1. The zero-order chi connectivity index (χ0) is 10.1. The third-order valence-corrected chi connectivity index (χ3v) is 1.19. The van der Waals surface area contributed by atoms with Crippen molar-refractivity contribution in [2.24, 2.45) is 0 Å². The Hall–Kier alpha value is -0.530. The van der Waals surface area contributed by atoms with Gasteiger partial charge in [0.1, 0.15) is 12.2 Å². The van der Waals surface area contributed by atoms with Gasteiger partial charge in [-0.2, -0.15) is 18.3 Å². The van der Waals surface area contributed by atoms with Crippen molar-refractivity contribution in [3.8, 4) is 0 Å². The van der Waals surface area contributed by atoms with E-state index in [0.717, 1.165) is 12.3 Å². The zero-order valence-corrected chi connectivity index (χ0v) is 9.21. The van der Waals surface area contributed by atoms with E-state index >= 15 is 0 Å². The van der Waals surface area contributed by atoms with Crippen LogP contribution < -0.4 is 34.7 Å². The summed E-state index contributed by atoms with van der Waals surface area (Å²) < 4.78 is 35.7. The quantitative estimate of drug-likeness (QED) is 0.489. The molecule has 1 aromatic heterocycles. The molecule has 8 heteroatoms. The number of alkyl halides is 3. The summed E-state index contributed by atoms with van der Waals surface area (Å²) in [4.78, 5) is 10.1. The Kier molecular flexibility index (Phi) is 4.63. The number of rotatable bonds is 2. The first-order chi connectivity index (χ1) is 5.88. The zero-order valence-electron chi connectivity index (χ0n) is 7.21. The summed E-state index contributed by atoms with van der Waals surface area (Å²) in [5, 5.41) is 13.2. The molecule has 14 heavy (non-hydrogen) atoms. The molecule has 0 spiro atoms. The van der Waals surface area contributed by atoms with Gasteiger partial charge in [-0.05, 0) is 6.07 Å². The monoisotopic (exact) mass is 216 g/mol. The van der Waals surface area contributed by atoms with Crippen LogP contribution in [0.4, 0.5) is 13.2 Å². The van der Waals surface area contributed by atoms with E-state index in [-0.39, 0.29) is 29.6 Å². The van der Waals surface area contributed by atoms with Crippen molar-refractivity contribution in [3.05, 3.63) is 18.0 Å². The van der Waals surface area contributed by atoms with E-state index in [1.54, 1.807) is 0 Å². The Labute approximate surface area is 99.0 Å². The fourth-order valence-electron chi connectivity index (χ4n) is 0.742. The van der Waals surface area contributed by atoms with Crippen molar-refractivity contribution in [2.75, 3.05) is 0 Å². The van der Waals surface area contributed by atoms with E-state index in [0.29, 0.717) is 4.68 Å². The number of carboxylic acids is 1. The number of carbonyl (C=O) groups excluding carboxylic acids is 1. The van der Waals surface area contributed by atoms with Crippen molar-refractivity contribution >= 4 is 5.97 Å². The van der Waals surface area contributed by atoms with Crippen LogP contribution in [0.25, 0.3) is 0 Å². The smallest absolute Gasteiger partial charge is 0.543 e. The van der Waals surface area contributed by atoms with Gasteiger partial charge in [0.15, 0.2) is 0 Å². The molecule has 0 unspecified atom stereocenters. The van der Waals surface area contributed by atoms with Gasteiger partial charge in [0, 0.05) is 6.20 Å². The van der Waals surface area contributed by atoms with Crippen LogP contribution in [0.2, 0.25) is 0 Å². The third kappa shape index (κ3) is 4.12. The molecule has 0 radical (unpaired) electrons. The molecular weight excluding hydrogens is 212 g/mol. The molecule has 0 fully saturated rings. The first-order valence-corrected chi connectivity index (χ1v) is 3.20. The summed E-state index contributed by atoms with van der Waals surface area (Å²) in [5.74, 6) is -1.60. The molecule has 0 saturated carbocycles. The van der Waals surface area contributed by atoms with E-state index in [1.165, 1.54) is 0 Å². The largest absolute Gasteiger partial charge is 1.00 e. The molecule has 72 valence electrons. The molecule has 0 bridgehead atoms. The Bertz CT molecular complexity index is 323. The summed E-state index contributed by atoms with van der Waals surface area (Å²) >= 11 is 0. The van der Waals surface area contributed by atoms with Gasteiger partial charge in [0.05, 0.1) is 5.97 Å². The fraction of sp³-hybridized carbons (Fsp3) is 0.333. The molecule has 0 N–H and O–H groups in total. The number of nitrogens with zero attached hydrogens (tertiary/aromatic N) is 2. The van der Waals surface area contributed by atoms with Crippen molar-refractivity contribution in [3.63, 3.8) is 0 Å². The molecule has 4 nitrogen and oxygen atoms in total. The first-order valence-electron chi connectivity index (χ1n) is 3.20. The summed E-state index contributed by atoms with van der Waals surface area (Å²) in [7, 11) is 0. The minimum Gasteiger partial charge on any atom is -0.543 e. The maximum absolute atomic E-state index is 11.7. The minimum atomic E-state index is -4.41. The molecule has 0 atom stereocenters. The van der Waals surface area contributed by atoms with Crippen molar-refractivity contribution in [1.82, 2.24) is 9.78 Å². The standard InChI is InChI=1S/C6H5F3N2O2.Na/c7-6(8,9)3-11-2-1-4(10-11)5(12)13;/h1-2H,3H2,(H,12,13);/q;+1/p-1. The number of aromatic nitrogens is 2. The van der Waals surface area contributed by atoms with E-state index in [9.17, 15) is 23.1 Å². The van der Waals surface area contributed by atoms with Crippen LogP contribution in [0.15, 0.2) is 12.3 Å². The number of halogens is 3. The SMILES string of the molecule is O=C([O-])c1ccn(CC(F)(F)F)n1.[Na+]. The fourth-order valence-corrected chi connectivity index (χ4v) is 0.742. The van der Waals surface area contributed by atoms with Gasteiger partial charge >= 0.3 is 35.7 Å². The Morgan fingerprint density at radius 1 is 1.57 bits per heavy atom. The molecule has 1 rings (SSSR count). The minimum absolute atomic E-state index is 0. The molecule has 0 aliphatic rings. The van der Waals surface area contributed by atoms with Crippen LogP contribution >= 0.6 is 0 Å². The summed E-state index contributed by atoms with van der Waals surface area (Å²) in [6, 6.07) is 0.946. The van der Waals surface area contributed by atoms with Crippen LogP contribution in [0.1, 0.15) is 10.5 Å². The van der Waals surface area contributed by atoms with Gasteiger partial charge in [0.2, 0.25) is 0 Å². The number of hydrogen-bond donors (Lipinski definition) is 0. The van der Waals surface area contributed by atoms with Gasteiger partial charge in [-0.25, -0.2) is 0 Å². The van der Waals surface area contributed by atoms with Crippen molar-refractivity contribution < 1.29 is 52.6 Å². The molecule has 0 aliphatic heterocycles. The first kappa shape index (κ1) is 13.5. The van der Waals surface area contributed by atoms with Crippen LogP contribution in [-0.2, 0) is 6.54 Å². The van der Waals surface area contributed by atoms with Crippen LogP contribution in [-0.4, -0.2) is 21.9 Å². The van der Waals surface area contributed by atoms with Crippen LogP contribution in [0, 0.1) is 0 Å². The molecular formula is C6H4F3N2NaO2. The van der Waals surface area contributed by atoms with Crippen LogP contribution in [0.3, 0.4) is 0 Å². The maximum atomic E-state index is 11.7. The predicted molar refractivity (Wildman–Crippen MR) is 32.6 cm³/mol. The maximum Gasteiger partial charge on any atom is 1.00 e. The van der Waals surface area contributed by atoms with Crippen LogP contribution in [0.5, 0.6) is 0 Å². The second kappa shape index (κ2) is 4.81. The van der Waals surface area contributed by atoms with Gasteiger partial charge < -0.3 is 9.90 Å². The molecule has 0 aliphatic carbocycles. The van der Waals surface area contributed by atoms with Crippen molar-refractivity contribution in [1.29, 1.82) is 0 Å². The summed E-state index contributed by atoms with van der Waals surface area (Å²) in [6.45, 7) is -1.31. The van der Waals surface area contributed by atoms with Gasteiger partial charge in [-0.3, -0.25) is 4.68 Å². The number of carboxylic acid groups (broad SMARTS) is 1. The number of hydrogen-bond acceptors (Lipinski definition) is 3. The van der Waals surface area contributed by atoms with E-state index < -0.39 is 24.4 Å². The molecule has 0 saturated heterocycles.